The maximum absolute atomic E-state index is 12.2. The van der Waals surface area contributed by atoms with Crippen LogP contribution in [0.3, 0.4) is 0 Å². The second kappa shape index (κ2) is 6.91. The Labute approximate surface area is 138 Å². The molecular formula is C19H29NO3. The highest BCUT2D eigenvalue weighted by molar-refractivity contribution is 5.39. The SMILES string of the molecule is CC(C)=CC[C@H]1Cc2c(O)cc(=O)n(CCCO)c2CC1(C)C. The molecule has 1 aromatic rings. The van der Waals surface area contributed by atoms with Crippen LogP contribution in [0, 0.1) is 11.3 Å². The number of hydrogen-bond acceptors (Lipinski definition) is 3. The van der Waals surface area contributed by atoms with Crippen molar-refractivity contribution >= 4 is 0 Å². The van der Waals surface area contributed by atoms with Crippen molar-refractivity contribution < 1.29 is 10.2 Å². The molecule has 0 radical (unpaired) electrons. The molecule has 1 aliphatic carbocycles. The van der Waals surface area contributed by atoms with E-state index in [1.165, 1.54) is 11.6 Å². The molecule has 4 nitrogen and oxygen atoms in total. The summed E-state index contributed by atoms with van der Waals surface area (Å²) in [6, 6.07) is 1.33. The van der Waals surface area contributed by atoms with Crippen molar-refractivity contribution in [3.63, 3.8) is 0 Å². The van der Waals surface area contributed by atoms with Gasteiger partial charge >= 0.3 is 0 Å². The lowest BCUT2D eigenvalue weighted by Crippen LogP contribution is -2.37. The van der Waals surface area contributed by atoms with Crippen molar-refractivity contribution in [2.24, 2.45) is 11.3 Å². The average Bonchev–Trinajstić information content (AvgIpc) is 2.44. The summed E-state index contributed by atoms with van der Waals surface area (Å²) >= 11 is 0. The molecule has 0 aliphatic heterocycles. The Hall–Kier alpha value is -1.55. The molecule has 1 atom stereocenters. The smallest absolute Gasteiger partial charge is 0.254 e. The number of aliphatic hydroxyl groups excluding tert-OH is 1. The summed E-state index contributed by atoms with van der Waals surface area (Å²) in [6.07, 6.45) is 5.37. The Morgan fingerprint density at radius 2 is 2.13 bits per heavy atom. The second-order valence-electron chi connectivity index (χ2n) is 7.61. The van der Waals surface area contributed by atoms with Crippen LogP contribution < -0.4 is 5.56 Å². The van der Waals surface area contributed by atoms with Gasteiger partial charge in [-0.05, 0) is 50.9 Å². The number of aromatic nitrogens is 1. The van der Waals surface area contributed by atoms with Crippen molar-refractivity contribution in [3.05, 3.63) is 39.3 Å². The predicted molar refractivity (Wildman–Crippen MR) is 92.8 cm³/mol. The first-order valence-corrected chi connectivity index (χ1v) is 8.45. The first kappa shape index (κ1) is 17.8. The zero-order chi connectivity index (χ0) is 17.2. The molecule has 0 spiro atoms. The van der Waals surface area contributed by atoms with E-state index in [1.54, 1.807) is 4.57 Å². The Bertz CT molecular complexity index is 651. The average molecular weight is 319 g/mol. The summed E-state index contributed by atoms with van der Waals surface area (Å²) in [7, 11) is 0. The fourth-order valence-corrected chi connectivity index (χ4v) is 3.50. The molecule has 0 saturated heterocycles. The van der Waals surface area contributed by atoms with E-state index in [9.17, 15) is 9.90 Å². The van der Waals surface area contributed by atoms with Gasteiger partial charge in [0.25, 0.3) is 5.56 Å². The molecule has 2 N–H and O–H groups in total. The van der Waals surface area contributed by atoms with Gasteiger partial charge in [0.1, 0.15) is 5.75 Å². The Balaban J connectivity index is 2.44. The topological polar surface area (TPSA) is 62.5 Å². The van der Waals surface area contributed by atoms with E-state index >= 15 is 0 Å². The molecule has 0 amide bonds. The summed E-state index contributed by atoms with van der Waals surface area (Å²) in [6.45, 7) is 9.26. The monoisotopic (exact) mass is 319 g/mol. The quantitative estimate of drug-likeness (QED) is 0.820. The number of aromatic hydroxyl groups is 1. The normalized spacial score (nSPS) is 19.3. The highest BCUT2D eigenvalue weighted by Gasteiger charge is 2.37. The molecule has 0 fully saturated rings. The molecule has 23 heavy (non-hydrogen) atoms. The third-order valence-electron chi connectivity index (χ3n) is 5.04. The van der Waals surface area contributed by atoms with Crippen LogP contribution in [0.4, 0.5) is 0 Å². The van der Waals surface area contributed by atoms with Gasteiger partial charge in [0.2, 0.25) is 0 Å². The van der Waals surface area contributed by atoms with E-state index in [0.29, 0.717) is 18.9 Å². The highest BCUT2D eigenvalue weighted by Crippen LogP contribution is 2.43. The summed E-state index contributed by atoms with van der Waals surface area (Å²) in [5, 5.41) is 19.3. The number of rotatable bonds is 5. The van der Waals surface area contributed by atoms with E-state index in [-0.39, 0.29) is 23.3 Å². The number of allylic oxidation sites excluding steroid dienone is 2. The molecule has 128 valence electrons. The number of fused-ring (bicyclic) bond motifs is 1. The minimum absolute atomic E-state index is 0.0642. The zero-order valence-electron chi connectivity index (χ0n) is 14.7. The first-order chi connectivity index (χ1) is 10.8. The number of nitrogens with zero attached hydrogens (tertiary/aromatic N) is 1. The minimum Gasteiger partial charge on any atom is -0.507 e. The maximum atomic E-state index is 12.2. The second-order valence-corrected chi connectivity index (χ2v) is 7.61. The minimum atomic E-state index is -0.173. The molecule has 0 aromatic carbocycles. The largest absolute Gasteiger partial charge is 0.507 e. The highest BCUT2D eigenvalue weighted by atomic mass is 16.3. The summed E-state index contributed by atoms with van der Waals surface area (Å²) in [5.41, 5.74) is 3.06. The van der Waals surface area contributed by atoms with Crippen molar-refractivity contribution in [1.82, 2.24) is 4.57 Å². The lowest BCUT2D eigenvalue weighted by molar-refractivity contribution is 0.184. The maximum Gasteiger partial charge on any atom is 0.254 e. The van der Waals surface area contributed by atoms with Gasteiger partial charge in [-0.2, -0.15) is 0 Å². The molecule has 0 bridgehead atoms. The van der Waals surface area contributed by atoms with Crippen LogP contribution in [-0.2, 0) is 19.4 Å². The van der Waals surface area contributed by atoms with Gasteiger partial charge < -0.3 is 14.8 Å². The van der Waals surface area contributed by atoms with Crippen molar-refractivity contribution in [1.29, 1.82) is 0 Å². The van der Waals surface area contributed by atoms with Crippen LogP contribution in [0.25, 0.3) is 0 Å². The zero-order valence-corrected chi connectivity index (χ0v) is 14.7. The third-order valence-corrected chi connectivity index (χ3v) is 5.04. The van der Waals surface area contributed by atoms with Crippen LogP contribution in [0.2, 0.25) is 0 Å². The van der Waals surface area contributed by atoms with E-state index in [1.807, 2.05) is 0 Å². The van der Waals surface area contributed by atoms with Crippen molar-refractivity contribution in [3.8, 4) is 5.75 Å². The van der Waals surface area contributed by atoms with Gasteiger partial charge in [0.05, 0.1) is 0 Å². The van der Waals surface area contributed by atoms with E-state index < -0.39 is 0 Å². The Morgan fingerprint density at radius 3 is 2.74 bits per heavy atom. The Kier molecular flexibility index (Phi) is 5.35. The van der Waals surface area contributed by atoms with Crippen LogP contribution in [0.1, 0.15) is 51.8 Å². The summed E-state index contributed by atoms with van der Waals surface area (Å²) < 4.78 is 1.74. The van der Waals surface area contributed by atoms with Gasteiger partial charge in [0.15, 0.2) is 0 Å². The summed E-state index contributed by atoms with van der Waals surface area (Å²) in [5.74, 6) is 0.572. The molecule has 1 heterocycles. The fourth-order valence-electron chi connectivity index (χ4n) is 3.50. The lowest BCUT2D eigenvalue weighted by Gasteiger charge is -2.40. The first-order valence-electron chi connectivity index (χ1n) is 8.45. The van der Waals surface area contributed by atoms with Crippen LogP contribution >= 0.6 is 0 Å². The molecule has 4 heteroatoms. The fraction of sp³-hybridized carbons (Fsp3) is 0.632. The van der Waals surface area contributed by atoms with Gasteiger partial charge in [-0.25, -0.2) is 0 Å². The van der Waals surface area contributed by atoms with Crippen molar-refractivity contribution in [2.45, 2.75) is 59.9 Å². The Morgan fingerprint density at radius 1 is 1.43 bits per heavy atom. The third kappa shape index (κ3) is 3.86. The standard InChI is InChI=1S/C19H29NO3/c1-13(2)6-7-14-10-15-16(12-19(14,3)4)20(8-5-9-21)18(23)11-17(15)22/h6,11,14,21-22H,5,7-10,12H2,1-4H3/t14-/m0/s1. The lowest BCUT2D eigenvalue weighted by atomic mass is 9.66. The van der Waals surface area contributed by atoms with Gasteiger partial charge in [-0.1, -0.05) is 25.5 Å². The molecule has 1 aromatic heterocycles. The number of aliphatic hydroxyl groups is 1. The molecule has 0 unspecified atom stereocenters. The van der Waals surface area contributed by atoms with Crippen LogP contribution in [0.5, 0.6) is 5.75 Å². The van der Waals surface area contributed by atoms with Gasteiger partial charge in [-0.3, -0.25) is 4.79 Å². The molecular weight excluding hydrogens is 290 g/mol. The van der Waals surface area contributed by atoms with Crippen LogP contribution in [0.15, 0.2) is 22.5 Å². The summed E-state index contributed by atoms with van der Waals surface area (Å²) in [4.78, 5) is 12.2. The molecule has 0 saturated carbocycles. The number of pyridine rings is 1. The molecule has 2 rings (SSSR count). The van der Waals surface area contributed by atoms with E-state index in [2.05, 4.69) is 33.8 Å². The van der Waals surface area contributed by atoms with E-state index in [4.69, 9.17) is 5.11 Å². The predicted octanol–water partition coefficient (Wildman–Crippen LogP) is 3.03. The van der Waals surface area contributed by atoms with Gasteiger partial charge in [0, 0.05) is 30.5 Å². The number of hydrogen-bond donors (Lipinski definition) is 2. The van der Waals surface area contributed by atoms with E-state index in [0.717, 1.165) is 30.5 Å². The van der Waals surface area contributed by atoms with Crippen LogP contribution in [-0.4, -0.2) is 21.4 Å². The van der Waals surface area contributed by atoms with Crippen molar-refractivity contribution in [2.75, 3.05) is 6.61 Å². The van der Waals surface area contributed by atoms with Gasteiger partial charge in [-0.15, -0.1) is 0 Å². The molecule has 1 aliphatic rings.